The first-order valence-corrected chi connectivity index (χ1v) is 5.42. The van der Waals surface area contributed by atoms with Crippen molar-refractivity contribution < 1.29 is 9.84 Å². The first kappa shape index (κ1) is 11.0. The second kappa shape index (κ2) is 4.53. The van der Waals surface area contributed by atoms with Gasteiger partial charge >= 0.3 is 0 Å². The molecule has 0 amide bonds. The summed E-state index contributed by atoms with van der Waals surface area (Å²) < 4.78 is 5.23. The van der Waals surface area contributed by atoms with Crippen molar-refractivity contribution in [2.45, 2.75) is 25.6 Å². The fourth-order valence-corrected chi connectivity index (χ4v) is 1.54. The summed E-state index contributed by atoms with van der Waals surface area (Å²) in [6.07, 6.45) is 1.93. The third-order valence-corrected chi connectivity index (χ3v) is 2.66. The first-order chi connectivity index (χ1) is 7.65. The molecule has 1 aliphatic rings. The molecule has 0 spiro atoms. The van der Waals surface area contributed by atoms with Gasteiger partial charge in [-0.05, 0) is 43.0 Å². The van der Waals surface area contributed by atoms with E-state index in [1.54, 1.807) is 24.3 Å². The molecule has 1 aromatic carbocycles. The van der Waals surface area contributed by atoms with Crippen LogP contribution in [0, 0.1) is 11.3 Å². The summed E-state index contributed by atoms with van der Waals surface area (Å²) in [6, 6.07) is 6.71. The van der Waals surface area contributed by atoms with Crippen molar-refractivity contribution >= 4 is 5.84 Å². The molecule has 0 saturated heterocycles. The lowest BCUT2D eigenvalue weighted by molar-refractivity contribution is -0.0786. The summed E-state index contributed by atoms with van der Waals surface area (Å²) in [5.74, 6) is 1.13. The number of nitrogens with two attached hydrogens (primary N) is 1. The Morgan fingerprint density at radius 1 is 1.44 bits per heavy atom. The highest BCUT2D eigenvalue weighted by Crippen LogP contribution is 2.34. The highest BCUT2D eigenvalue weighted by atomic mass is 16.6. The van der Waals surface area contributed by atoms with Crippen LogP contribution in [0.25, 0.3) is 0 Å². The van der Waals surface area contributed by atoms with Crippen LogP contribution in [0.1, 0.15) is 24.8 Å². The van der Waals surface area contributed by atoms with Crippen LogP contribution in [-0.2, 0) is 5.11 Å². The minimum absolute atomic E-state index is 0.0169. The molecule has 4 nitrogen and oxygen atoms in total. The fourth-order valence-electron chi connectivity index (χ4n) is 1.54. The van der Waals surface area contributed by atoms with Crippen LogP contribution in [0.5, 0.6) is 5.75 Å². The fraction of sp³-hybridized carbons (Fsp3) is 0.417. The van der Waals surface area contributed by atoms with Gasteiger partial charge in [0, 0.05) is 12.0 Å². The summed E-state index contributed by atoms with van der Waals surface area (Å²) in [5, 5.41) is 18.7. The van der Waals surface area contributed by atoms with E-state index in [1.807, 2.05) is 0 Å². The SMILES string of the molecule is N=C(N)c1ccc(OC([O])CC2CC2)cc1. The van der Waals surface area contributed by atoms with Crippen LogP contribution in [-0.4, -0.2) is 12.1 Å². The topological polar surface area (TPSA) is 79.0 Å². The molecular weight excluding hydrogens is 204 g/mol. The van der Waals surface area contributed by atoms with Crippen LogP contribution in [0.4, 0.5) is 0 Å². The smallest absolute Gasteiger partial charge is 0.231 e. The van der Waals surface area contributed by atoms with E-state index in [2.05, 4.69) is 0 Å². The van der Waals surface area contributed by atoms with Gasteiger partial charge in [0.05, 0.1) is 0 Å². The molecule has 1 saturated carbocycles. The molecule has 3 N–H and O–H groups in total. The molecule has 1 aromatic rings. The van der Waals surface area contributed by atoms with Crippen molar-refractivity contribution in [2.75, 3.05) is 0 Å². The molecule has 0 aromatic heterocycles. The summed E-state index contributed by atoms with van der Waals surface area (Å²) >= 11 is 0. The van der Waals surface area contributed by atoms with Gasteiger partial charge in [0.2, 0.25) is 6.29 Å². The lowest BCUT2D eigenvalue weighted by Crippen LogP contribution is -2.15. The Kier molecular flexibility index (Phi) is 3.10. The minimum atomic E-state index is -0.976. The van der Waals surface area contributed by atoms with Gasteiger partial charge < -0.3 is 10.5 Å². The predicted molar refractivity (Wildman–Crippen MR) is 59.9 cm³/mol. The Bertz CT molecular complexity index is 371. The number of amidine groups is 1. The van der Waals surface area contributed by atoms with Gasteiger partial charge in [-0.3, -0.25) is 5.41 Å². The van der Waals surface area contributed by atoms with Gasteiger partial charge in [0.25, 0.3) is 0 Å². The molecule has 0 heterocycles. The lowest BCUT2D eigenvalue weighted by atomic mass is 10.2. The van der Waals surface area contributed by atoms with E-state index in [9.17, 15) is 5.11 Å². The minimum Gasteiger partial charge on any atom is -0.462 e. The molecule has 1 unspecified atom stereocenters. The third kappa shape index (κ3) is 2.97. The molecular formula is C12H15N2O2. The van der Waals surface area contributed by atoms with Gasteiger partial charge in [-0.1, -0.05) is 0 Å². The first-order valence-electron chi connectivity index (χ1n) is 5.42. The number of ether oxygens (including phenoxy) is 1. The molecule has 1 aliphatic carbocycles. The Morgan fingerprint density at radius 3 is 2.56 bits per heavy atom. The molecule has 4 heteroatoms. The van der Waals surface area contributed by atoms with Crippen LogP contribution in [0.15, 0.2) is 24.3 Å². The summed E-state index contributed by atoms with van der Waals surface area (Å²) in [5.41, 5.74) is 5.96. The normalized spacial score (nSPS) is 16.8. The van der Waals surface area contributed by atoms with Gasteiger partial charge in [0.1, 0.15) is 11.6 Å². The van der Waals surface area contributed by atoms with Crippen LogP contribution in [0.3, 0.4) is 0 Å². The largest absolute Gasteiger partial charge is 0.462 e. The number of rotatable bonds is 5. The van der Waals surface area contributed by atoms with Crippen LogP contribution >= 0.6 is 0 Å². The van der Waals surface area contributed by atoms with Gasteiger partial charge in [-0.25, -0.2) is 0 Å². The molecule has 0 bridgehead atoms. The highest BCUT2D eigenvalue weighted by molar-refractivity contribution is 5.94. The van der Waals surface area contributed by atoms with Crippen molar-refractivity contribution in [1.29, 1.82) is 5.41 Å². The molecule has 2 rings (SSSR count). The van der Waals surface area contributed by atoms with Crippen LogP contribution in [0.2, 0.25) is 0 Å². The molecule has 1 radical (unpaired) electrons. The second-order valence-corrected chi connectivity index (χ2v) is 4.16. The average molecular weight is 219 g/mol. The molecule has 1 fully saturated rings. The van der Waals surface area contributed by atoms with Crippen molar-refractivity contribution in [3.8, 4) is 5.75 Å². The quantitative estimate of drug-likeness (QED) is 0.450. The molecule has 1 atom stereocenters. The Hall–Kier alpha value is -1.55. The lowest BCUT2D eigenvalue weighted by Gasteiger charge is -2.11. The summed E-state index contributed by atoms with van der Waals surface area (Å²) in [6.45, 7) is 0. The zero-order valence-electron chi connectivity index (χ0n) is 8.98. The van der Waals surface area contributed by atoms with Gasteiger partial charge in [-0.2, -0.15) is 5.11 Å². The van der Waals surface area contributed by atoms with Crippen molar-refractivity contribution in [1.82, 2.24) is 0 Å². The van der Waals surface area contributed by atoms with E-state index in [-0.39, 0.29) is 5.84 Å². The Morgan fingerprint density at radius 2 is 2.06 bits per heavy atom. The number of nitrogen functional groups attached to an aromatic ring is 1. The maximum Gasteiger partial charge on any atom is 0.231 e. The predicted octanol–water partition coefficient (Wildman–Crippen LogP) is 1.91. The van der Waals surface area contributed by atoms with Gasteiger partial charge in [-0.15, -0.1) is 0 Å². The maximum atomic E-state index is 11.5. The Balaban J connectivity index is 1.90. The molecule has 0 aliphatic heterocycles. The second-order valence-electron chi connectivity index (χ2n) is 4.16. The number of hydrogen-bond donors (Lipinski definition) is 2. The van der Waals surface area contributed by atoms with E-state index >= 15 is 0 Å². The molecule has 16 heavy (non-hydrogen) atoms. The van der Waals surface area contributed by atoms with E-state index in [0.717, 1.165) is 12.8 Å². The van der Waals surface area contributed by atoms with Gasteiger partial charge in [0.15, 0.2) is 0 Å². The monoisotopic (exact) mass is 219 g/mol. The van der Waals surface area contributed by atoms with E-state index in [4.69, 9.17) is 15.9 Å². The maximum absolute atomic E-state index is 11.5. The van der Waals surface area contributed by atoms with Crippen molar-refractivity contribution in [3.05, 3.63) is 29.8 Å². The molecule has 85 valence electrons. The summed E-state index contributed by atoms with van der Waals surface area (Å²) in [7, 11) is 0. The summed E-state index contributed by atoms with van der Waals surface area (Å²) in [4.78, 5) is 0. The third-order valence-electron chi connectivity index (χ3n) is 2.66. The average Bonchev–Trinajstić information content (AvgIpc) is 3.02. The van der Waals surface area contributed by atoms with Crippen LogP contribution < -0.4 is 10.5 Å². The number of hydrogen-bond acceptors (Lipinski definition) is 2. The number of benzene rings is 1. The zero-order chi connectivity index (χ0) is 11.5. The highest BCUT2D eigenvalue weighted by Gasteiger charge is 2.26. The van der Waals surface area contributed by atoms with Crippen molar-refractivity contribution in [3.63, 3.8) is 0 Å². The van der Waals surface area contributed by atoms with E-state index < -0.39 is 6.29 Å². The number of nitrogens with one attached hydrogen (secondary N) is 1. The Labute approximate surface area is 94.5 Å². The standard InChI is InChI=1S/C12H15N2O2/c13-12(14)9-3-5-10(6-4-9)16-11(15)7-8-1-2-8/h3-6,8,11H,1-2,7H2,(H3,13,14). The van der Waals surface area contributed by atoms with Crippen molar-refractivity contribution in [2.24, 2.45) is 11.7 Å². The van der Waals surface area contributed by atoms with E-state index in [1.165, 1.54) is 0 Å². The van der Waals surface area contributed by atoms with E-state index in [0.29, 0.717) is 23.7 Å². The zero-order valence-corrected chi connectivity index (χ0v) is 8.98.